The number of carbonyl (C=O) groups is 2. The molecule has 2 rings (SSSR count). The number of nitrogens with two attached hydrogens (primary N) is 1. The number of hydrogen-bond acceptors (Lipinski definition) is 3. The molecule has 96 valence electrons. The van der Waals surface area contributed by atoms with Gasteiger partial charge in [0, 0.05) is 12.2 Å². The van der Waals surface area contributed by atoms with E-state index in [-0.39, 0.29) is 11.3 Å². The van der Waals surface area contributed by atoms with Gasteiger partial charge in [0.2, 0.25) is 0 Å². The minimum Gasteiger partial charge on any atom is -0.480 e. The Morgan fingerprint density at radius 3 is 2.78 bits per heavy atom. The summed E-state index contributed by atoms with van der Waals surface area (Å²) in [5.41, 5.74) is 5.48. The maximum atomic E-state index is 13.6. The van der Waals surface area contributed by atoms with Crippen molar-refractivity contribution in [3.63, 3.8) is 0 Å². The molecular formula is C12H13FN2O3. The molecule has 1 aromatic rings. The molecule has 3 N–H and O–H groups in total. The van der Waals surface area contributed by atoms with E-state index in [9.17, 15) is 14.0 Å². The van der Waals surface area contributed by atoms with Gasteiger partial charge >= 0.3 is 5.97 Å². The Morgan fingerprint density at radius 2 is 2.17 bits per heavy atom. The maximum absolute atomic E-state index is 13.6. The summed E-state index contributed by atoms with van der Waals surface area (Å²) in [6.07, 6.45) is 1.01. The molecular weight excluding hydrogens is 239 g/mol. The van der Waals surface area contributed by atoms with Crippen molar-refractivity contribution in [2.45, 2.75) is 18.9 Å². The predicted octanol–water partition coefficient (Wildman–Crippen LogP) is 1.10. The van der Waals surface area contributed by atoms with Crippen LogP contribution >= 0.6 is 0 Å². The highest BCUT2D eigenvalue weighted by Gasteiger charge is 2.35. The number of benzene rings is 1. The van der Waals surface area contributed by atoms with E-state index in [1.54, 1.807) is 0 Å². The Kier molecular flexibility index (Phi) is 3.18. The number of aliphatic carboxylic acids is 1. The van der Waals surface area contributed by atoms with E-state index in [0.29, 0.717) is 19.4 Å². The van der Waals surface area contributed by atoms with Crippen LogP contribution in [0.5, 0.6) is 0 Å². The van der Waals surface area contributed by atoms with Crippen molar-refractivity contribution in [3.05, 3.63) is 29.6 Å². The third kappa shape index (κ3) is 2.13. The highest BCUT2D eigenvalue weighted by molar-refractivity contribution is 5.97. The molecule has 1 heterocycles. The molecule has 1 atom stereocenters. The third-order valence-electron chi connectivity index (χ3n) is 3.02. The fraction of sp³-hybridized carbons (Fsp3) is 0.333. The van der Waals surface area contributed by atoms with Crippen LogP contribution in [0.2, 0.25) is 0 Å². The van der Waals surface area contributed by atoms with Gasteiger partial charge in [-0.05, 0) is 31.0 Å². The minimum atomic E-state index is -1.06. The molecule has 0 aliphatic carbocycles. The molecule has 1 aliphatic heterocycles. The van der Waals surface area contributed by atoms with E-state index >= 15 is 0 Å². The quantitative estimate of drug-likeness (QED) is 0.772. The number of nitrogens with zero attached hydrogens (tertiary/aromatic N) is 1. The van der Waals surface area contributed by atoms with Gasteiger partial charge < -0.3 is 15.7 Å². The number of carboxylic acid groups (broad SMARTS) is 1. The van der Waals surface area contributed by atoms with Crippen LogP contribution in [0.3, 0.4) is 0 Å². The summed E-state index contributed by atoms with van der Waals surface area (Å²) in [6, 6.07) is 2.89. The molecule has 1 aliphatic rings. The monoisotopic (exact) mass is 252 g/mol. The van der Waals surface area contributed by atoms with Gasteiger partial charge in [-0.3, -0.25) is 4.79 Å². The number of halogens is 1. The summed E-state index contributed by atoms with van der Waals surface area (Å²) < 4.78 is 13.6. The van der Waals surface area contributed by atoms with Crippen LogP contribution in [0, 0.1) is 5.82 Å². The normalized spacial score (nSPS) is 18.9. The maximum Gasteiger partial charge on any atom is 0.326 e. The van der Waals surface area contributed by atoms with Crippen molar-refractivity contribution in [1.29, 1.82) is 0 Å². The van der Waals surface area contributed by atoms with Crippen LogP contribution in [0.15, 0.2) is 18.2 Å². The number of likely N-dealkylation sites (tertiary alicyclic amines) is 1. The number of rotatable bonds is 2. The molecule has 0 unspecified atom stereocenters. The molecule has 1 fully saturated rings. The van der Waals surface area contributed by atoms with Gasteiger partial charge in [-0.25, -0.2) is 9.18 Å². The summed E-state index contributed by atoms with van der Waals surface area (Å²) in [7, 11) is 0. The number of amides is 1. The molecule has 0 saturated carbocycles. The van der Waals surface area contributed by atoms with E-state index < -0.39 is 23.7 Å². The van der Waals surface area contributed by atoms with Crippen LogP contribution in [0.1, 0.15) is 23.2 Å². The van der Waals surface area contributed by atoms with E-state index in [4.69, 9.17) is 10.8 Å². The Hall–Kier alpha value is -2.11. The molecule has 1 aromatic carbocycles. The highest BCUT2D eigenvalue weighted by atomic mass is 19.1. The summed E-state index contributed by atoms with van der Waals surface area (Å²) >= 11 is 0. The zero-order chi connectivity index (χ0) is 13.3. The summed E-state index contributed by atoms with van der Waals surface area (Å²) in [5, 5.41) is 8.99. The van der Waals surface area contributed by atoms with Gasteiger partial charge in [0.05, 0.1) is 5.56 Å². The van der Waals surface area contributed by atoms with Gasteiger partial charge in [-0.2, -0.15) is 0 Å². The first kappa shape index (κ1) is 12.3. The lowest BCUT2D eigenvalue weighted by molar-refractivity contribution is -0.141. The largest absolute Gasteiger partial charge is 0.480 e. The lowest BCUT2D eigenvalue weighted by atomic mass is 10.1. The molecule has 5 nitrogen and oxygen atoms in total. The standard InChI is InChI=1S/C12H13FN2O3/c13-9-6-7(14)3-4-8(9)11(16)15-5-1-2-10(15)12(17)18/h3-4,6,10H,1-2,5,14H2,(H,17,18)/t10-/m0/s1. The second kappa shape index (κ2) is 4.64. The Morgan fingerprint density at radius 1 is 1.44 bits per heavy atom. The molecule has 18 heavy (non-hydrogen) atoms. The molecule has 6 heteroatoms. The smallest absolute Gasteiger partial charge is 0.326 e. The number of carbonyl (C=O) groups excluding carboxylic acids is 1. The summed E-state index contributed by atoms with van der Waals surface area (Å²) in [4.78, 5) is 24.2. The lowest BCUT2D eigenvalue weighted by Crippen LogP contribution is -2.40. The fourth-order valence-electron chi connectivity index (χ4n) is 2.13. The summed E-state index contributed by atoms with van der Waals surface area (Å²) in [5.74, 6) is -2.38. The number of hydrogen-bond donors (Lipinski definition) is 2. The average Bonchev–Trinajstić information content (AvgIpc) is 2.77. The van der Waals surface area contributed by atoms with Gasteiger partial charge in [0.1, 0.15) is 11.9 Å². The third-order valence-corrected chi connectivity index (χ3v) is 3.02. The first-order valence-corrected chi connectivity index (χ1v) is 5.59. The Labute approximate surface area is 103 Å². The Balaban J connectivity index is 2.28. The van der Waals surface area contributed by atoms with Gasteiger partial charge in [-0.1, -0.05) is 0 Å². The zero-order valence-electron chi connectivity index (χ0n) is 9.60. The van der Waals surface area contributed by atoms with E-state index in [1.165, 1.54) is 17.0 Å². The van der Waals surface area contributed by atoms with E-state index in [2.05, 4.69) is 0 Å². The molecule has 1 saturated heterocycles. The number of nitrogen functional groups attached to an aromatic ring is 1. The zero-order valence-corrected chi connectivity index (χ0v) is 9.60. The average molecular weight is 252 g/mol. The lowest BCUT2D eigenvalue weighted by Gasteiger charge is -2.21. The number of anilines is 1. The first-order chi connectivity index (χ1) is 8.50. The minimum absolute atomic E-state index is 0.141. The van der Waals surface area contributed by atoms with Gasteiger partial charge in [-0.15, -0.1) is 0 Å². The van der Waals surface area contributed by atoms with Crippen molar-refractivity contribution in [2.75, 3.05) is 12.3 Å². The SMILES string of the molecule is Nc1ccc(C(=O)N2CCC[C@H]2C(=O)O)c(F)c1. The number of carboxylic acids is 1. The van der Waals surface area contributed by atoms with Crippen molar-refractivity contribution in [3.8, 4) is 0 Å². The van der Waals surface area contributed by atoms with E-state index in [1.807, 2.05) is 0 Å². The van der Waals surface area contributed by atoms with Crippen LogP contribution < -0.4 is 5.73 Å². The molecule has 0 bridgehead atoms. The van der Waals surface area contributed by atoms with Crippen LogP contribution in [0.4, 0.5) is 10.1 Å². The van der Waals surface area contributed by atoms with Crippen LogP contribution in [0.25, 0.3) is 0 Å². The van der Waals surface area contributed by atoms with Crippen LogP contribution in [-0.4, -0.2) is 34.5 Å². The predicted molar refractivity (Wildman–Crippen MR) is 62.5 cm³/mol. The van der Waals surface area contributed by atoms with Crippen molar-refractivity contribution >= 4 is 17.6 Å². The second-order valence-electron chi connectivity index (χ2n) is 4.23. The van der Waals surface area contributed by atoms with Gasteiger partial charge in [0.25, 0.3) is 5.91 Å². The molecule has 0 spiro atoms. The topological polar surface area (TPSA) is 83.6 Å². The molecule has 0 aromatic heterocycles. The highest BCUT2D eigenvalue weighted by Crippen LogP contribution is 2.22. The van der Waals surface area contributed by atoms with Crippen molar-refractivity contribution in [2.24, 2.45) is 0 Å². The second-order valence-corrected chi connectivity index (χ2v) is 4.23. The van der Waals surface area contributed by atoms with Gasteiger partial charge in [0.15, 0.2) is 0 Å². The van der Waals surface area contributed by atoms with E-state index in [0.717, 1.165) is 6.07 Å². The first-order valence-electron chi connectivity index (χ1n) is 5.59. The van der Waals surface area contributed by atoms with Crippen molar-refractivity contribution in [1.82, 2.24) is 4.90 Å². The van der Waals surface area contributed by atoms with Crippen LogP contribution in [-0.2, 0) is 4.79 Å². The fourth-order valence-corrected chi connectivity index (χ4v) is 2.13. The van der Waals surface area contributed by atoms with Crippen molar-refractivity contribution < 1.29 is 19.1 Å². The summed E-state index contributed by atoms with van der Waals surface area (Å²) in [6.45, 7) is 0.333. The Bertz CT molecular complexity index is 504. The molecule has 1 amide bonds. The molecule has 0 radical (unpaired) electrons.